The van der Waals surface area contributed by atoms with Crippen LogP contribution in [0.15, 0.2) is 60.9 Å². The standard InChI is InChI=1S/C22H24FN5O2/c23-19-5-1-3-17(13-19)8-10-26-22-20(6-7-21(27-22)25-11-12-29)28(16-30)15-18-4-2-9-24-14-18/h1-7,9,13-14,16,29H,8,10-12,15H2,(H2,25,26,27). The molecule has 2 heterocycles. The Balaban J connectivity index is 1.78. The lowest BCUT2D eigenvalue weighted by Gasteiger charge is -2.21. The fourth-order valence-electron chi connectivity index (χ4n) is 2.98. The molecule has 0 saturated heterocycles. The summed E-state index contributed by atoms with van der Waals surface area (Å²) in [6.45, 7) is 1.20. The Bertz CT molecular complexity index is 955. The molecule has 0 fully saturated rings. The van der Waals surface area contributed by atoms with Crippen molar-refractivity contribution in [2.45, 2.75) is 13.0 Å². The van der Waals surface area contributed by atoms with Crippen molar-refractivity contribution < 1.29 is 14.3 Å². The quantitative estimate of drug-likeness (QED) is 0.422. The number of nitrogens with zero attached hydrogens (tertiary/aromatic N) is 3. The van der Waals surface area contributed by atoms with Gasteiger partial charge in [0.25, 0.3) is 0 Å². The first-order valence-corrected chi connectivity index (χ1v) is 9.64. The van der Waals surface area contributed by atoms with Gasteiger partial charge in [0.15, 0.2) is 5.82 Å². The highest BCUT2D eigenvalue weighted by molar-refractivity contribution is 5.82. The molecule has 3 N–H and O–H groups in total. The highest BCUT2D eigenvalue weighted by atomic mass is 19.1. The Morgan fingerprint density at radius 1 is 1.07 bits per heavy atom. The summed E-state index contributed by atoms with van der Waals surface area (Å²) >= 11 is 0. The number of rotatable bonds is 11. The number of anilines is 3. The molecule has 1 aromatic carbocycles. The molecule has 8 heteroatoms. The van der Waals surface area contributed by atoms with Gasteiger partial charge in [-0.1, -0.05) is 18.2 Å². The second-order valence-corrected chi connectivity index (χ2v) is 6.62. The maximum atomic E-state index is 13.4. The maximum absolute atomic E-state index is 13.4. The van der Waals surface area contributed by atoms with E-state index >= 15 is 0 Å². The number of halogens is 1. The molecule has 0 bridgehead atoms. The van der Waals surface area contributed by atoms with Crippen LogP contribution in [0.3, 0.4) is 0 Å². The monoisotopic (exact) mass is 409 g/mol. The van der Waals surface area contributed by atoms with Gasteiger partial charge in [0.05, 0.1) is 18.8 Å². The number of aliphatic hydroxyl groups is 1. The van der Waals surface area contributed by atoms with Crippen molar-refractivity contribution in [1.29, 1.82) is 0 Å². The minimum absolute atomic E-state index is 0.0206. The summed E-state index contributed by atoms with van der Waals surface area (Å²) in [6.07, 6.45) is 4.73. The summed E-state index contributed by atoms with van der Waals surface area (Å²) in [4.78, 5) is 22.0. The van der Waals surface area contributed by atoms with Gasteiger partial charge >= 0.3 is 0 Å². The van der Waals surface area contributed by atoms with Crippen molar-refractivity contribution in [2.75, 3.05) is 35.2 Å². The fourth-order valence-corrected chi connectivity index (χ4v) is 2.98. The van der Waals surface area contributed by atoms with E-state index in [0.29, 0.717) is 43.4 Å². The molecule has 2 aromatic heterocycles. The molecule has 0 aliphatic rings. The zero-order chi connectivity index (χ0) is 21.2. The number of amides is 1. The lowest BCUT2D eigenvalue weighted by Crippen LogP contribution is -2.23. The average molecular weight is 409 g/mol. The van der Waals surface area contributed by atoms with Gasteiger partial charge in [0.1, 0.15) is 11.6 Å². The molecule has 7 nitrogen and oxygen atoms in total. The van der Waals surface area contributed by atoms with E-state index in [9.17, 15) is 9.18 Å². The van der Waals surface area contributed by atoms with Crippen molar-refractivity contribution in [1.82, 2.24) is 9.97 Å². The smallest absolute Gasteiger partial charge is 0.214 e. The fraction of sp³-hybridized carbons (Fsp3) is 0.227. The SMILES string of the molecule is O=CN(Cc1cccnc1)c1ccc(NCCO)nc1NCCc1cccc(F)c1. The van der Waals surface area contributed by atoms with Crippen molar-refractivity contribution in [3.63, 3.8) is 0 Å². The predicted octanol–water partition coefficient (Wildman–Crippen LogP) is 2.84. The molecule has 3 rings (SSSR count). The van der Waals surface area contributed by atoms with Crippen LogP contribution in [0.4, 0.5) is 21.7 Å². The number of hydrogen-bond donors (Lipinski definition) is 3. The molecule has 156 valence electrons. The molecule has 0 aliphatic carbocycles. The third-order valence-electron chi connectivity index (χ3n) is 4.40. The van der Waals surface area contributed by atoms with Gasteiger partial charge in [0, 0.05) is 25.5 Å². The molecule has 0 radical (unpaired) electrons. The third kappa shape index (κ3) is 5.99. The Morgan fingerprint density at radius 3 is 2.67 bits per heavy atom. The van der Waals surface area contributed by atoms with Crippen LogP contribution in [-0.2, 0) is 17.8 Å². The molecule has 0 spiro atoms. The summed E-state index contributed by atoms with van der Waals surface area (Å²) in [5, 5.41) is 15.3. The van der Waals surface area contributed by atoms with Gasteiger partial charge in [-0.15, -0.1) is 0 Å². The van der Waals surface area contributed by atoms with E-state index in [1.807, 2.05) is 18.2 Å². The van der Waals surface area contributed by atoms with E-state index in [2.05, 4.69) is 20.6 Å². The predicted molar refractivity (Wildman–Crippen MR) is 115 cm³/mol. The summed E-state index contributed by atoms with van der Waals surface area (Å²) in [6, 6.07) is 13.7. The van der Waals surface area contributed by atoms with E-state index in [1.54, 1.807) is 35.5 Å². The minimum Gasteiger partial charge on any atom is -0.395 e. The number of carbonyl (C=O) groups is 1. The average Bonchev–Trinajstić information content (AvgIpc) is 2.77. The first-order chi connectivity index (χ1) is 14.7. The number of carbonyl (C=O) groups excluding carboxylic acids is 1. The summed E-state index contributed by atoms with van der Waals surface area (Å²) in [7, 11) is 0. The van der Waals surface area contributed by atoms with Crippen LogP contribution in [0.1, 0.15) is 11.1 Å². The molecule has 0 saturated carbocycles. The molecular weight excluding hydrogens is 385 g/mol. The van der Waals surface area contributed by atoms with Crippen LogP contribution in [0.2, 0.25) is 0 Å². The normalized spacial score (nSPS) is 10.5. The largest absolute Gasteiger partial charge is 0.395 e. The van der Waals surface area contributed by atoms with Gasteiger partial charge in [0.2, 0.25) is 6.41 Å². The van der Waals surface area contributed by atoms with Gasteiger partial charge < -0.3 is 20.6 Å². The molecule has 3 aromatic rings. The summed E-state index contributed by atoms with van der Waals surface area (Å²) in [5.41, 5.74) is 2.36. The number of aromatic nitrogens is 2. The summed E-state index contributed by atoms with van der Waals surface area (Å²) < 4.78 is 13.4. The molecule has 0 atom stereocenters. The minimum atomic E-state index is -0.273. The number of nitrogens with one attached hydrogen (secondary N) is 2. The first-order valence-electron chi connectivity index (χ1n) is 9.64. The zero-order valence-electron chi connectivity index (χ0n) is 16.5. The molecular formula is C22H24FN5O2. The van der Waals surface area contributed by atoms with Crippen LogP contribution in [0.5, 0.6) is 0 Å². The lowest BCUT2D eigenvalue weighted by atomic mass is 10.1. The van der Waals surface area contributed by atoms with Gasteiger partial charge in [-0.2, -0.15) is 0 Å². The first kappa shape index (κ1) is 21.2. The van der Waals surface area contributed by atoms with E-state index in [0.717, 1.165) is 17.5 Å². The van der Waals surface area contributed by atoms with Crippen molar-refractivity contribution in [3.8, 4) is 0 Å². The van der Waals surface area contributed by atoms with Crippen LogP contribution in [-0.4, -0.2) is 41.2 Å². The van der Waals surface area contributed by atoms with Crippen LogP contribution in [0, 0.1) is 5.82 Å². The highest BCUT2D eigenvalue weighted by Crippen LogP contribution is 2.26. The number of pyridine rings is 2. The van der Waals surface area contributed by atoms with Gasteiger partial charge in [-0.05, 0) is 47.9 Å². The van der Waals surface area contributed by atoms with E-state index in [1.165, 1.54) is 12.1 Å². The van der Waals surface area contributed by atoms with Crippen molar-refractivity contribution in [3.05, 3.63) is 77.9 Å². The van der Waals surface area contributed by atoms with E-state index in [4.69, 9.17) is 5.11 Å². The number of aliphatic hydroxyl groups excluding tert-OH is 1. The highest BCUT2D eigenvalue weighted by Gasteiger charge is 2.14. The van der Waals surface area contributed by atoms with Gasteiger partial charge in [-0.25, -0.2) is 9.37 Å². The second-order valence-electron chi connectivity index (χ2n) is 6.62. The van der Waals surface area contributed by atoms with Crippen LogP contribution < -0.4 is 15.5 Å². The van der Waals surface area contributed by atoms with E-state index < -0.39 is 0 Å². The maximum Gasteiger partial charge on any atom is 0.214 e. The molecule has 0 unspecified atom stereocenters. The summed E-state index contributed by atoms with van der Waals surface area (Å²) in [5.74, 6) is 0.823. The number of hydrogen-bond acceptors (Lipinski definition) is 6. The van der Waals surface area contributed by atoms with E-state index in [-0.39, 0.29) is 12.4 Å². The van der Waals surface area contributed by atoms with Crippen molar-refractivity contribution >= 4 is 23.7 Å². The Labute approximate surface area is 174 Å². The lowest BCUT2D eigenvalue weighted by molar-refractivity contribution is -0.107. The Morgan fingerprint density at radius 2 is 1.93 bits per heavy atom. The third-order valence-corrected chi connectivity index (χ3v) is 4.40. The second kappa shape index (κ2) is 10.9. The Kier molecular flexibility index (Phi) is 7.68. The zero-order valence-corrected chi connectivity index (χ0v) is 16.5. The molecule has 1 amide bonds. The molecule has 0 aliphatic heterocycles. The number of benzene rings is 1. The van der Waals surface area contributed by atoms with Crippen LogP contribution >= 0.6 is 0 Å². The van der Waals surface area contributed by atoms with Gasteiger partial charge in [-0.3, -0.25) is 9.78 Å². The Hall–Kier alpha value is -3.52. The van der Waals surface area contributed by atoms with Crippen molar-refractivity contribution in [2.24, 2.45) is 0 Å². The van der Waals surface area contributed by atoms with Crippen LogP contribution in [0.25, 0.3) is 0 Å². The molecule has 30 heavy (non-hydrogen) atoms. The topological polar surface area (TPSA) is 90.4 Å².